The van der Waals surface area contributed by atoms with Crippen molar-refractivity contribution in [1.29, 1.82) is 0 Å². The van der Waals surface area contributed by atoms with Gasteiger partial charge in [-0.3, -0.25) is 0 Å². The predicted octanol–water partition coefficient (Wildman–Crippen LogP) is 5.62. The van der Waals surface area contributed by atoms with Gasteiger partial charge in [0.15, 0.2) is 4.33 Å². The number of alkyl halides is 4. The van der Waals surface area contributed by atoms with E-state index in [1.807, 2.05) is 0 Å². The Morgan fingerprint density at radius 2 is 1.61 bits per heavy atom. The van der Waals surface area contributed by atoms with Crippen molar-refractivity contribution >= 4 is 75.6 Å². The number of benzene rings is 1. The van der Waals surface area contributed by atoms with E-state index in [9.17, 15) is 4.79 Å². The van der Waals surface area contributed by atoms with Crippen molar-refractivity contribution < 1.29 is 9.53 Å². The molecule has 1 aromatic rings. The Morgan fingerprint density at radius 1 is 1.00 bits per heavy atom. The second-order valence-electron chi connectivity index (χ2n) is 5.18. The van der Waals surface area contributed by atoms with E-state index in [1.165, 1.54) is 6.08 Å². The predicted molar refractivity (Wildman–Crippen MR) is 95.1 cm³/mol. The van der Waals surface area contributed by atoms with Gasteiger partial charge in [0.1, 0.15) is 16.4 Å². The van der Waals surface area contributed by atoms with E-state index in [-0.39, 0.29) is 16.7 Å². The molecular weight excluding hydrogens is 425 g/mol. The van der Waals surface area contributed by atoms with Gasteiger partial charge in [0, 0.05) is 0 Å². The van der Waals surface area contributed by atoms with Crippen molar-refractivity contribution in [1.82, 2.24) is 0 Å². The highest BCUT2D eigenvalue weighted by molar-refractivity contribution is 6.66. The van der Waals surface area contributed by atoms with Crippen LogP contribution in [0.2, 0.25) is 0 Å². The number of halogens is 6. The summed E-state index contributed by atoms with van der Waals surface area (Å²) in [5.41, 5.74) is 0.793. The number of hydrogen-bond acceptors (Lipinski definition) is 2. The normalized spacial score (nSPS) is 31.3. The summed E-state index contributed by atoms with van der Waals surface area (Å²) >= 11 is 37.9. The third kappa shape index (κ3) is 2.27. The Kier molecular flexibility index (Phi) is 4.41. The van der Waals surface area contributed by atoms with E-state index in [0.717, 1.165) is 0 Å². The van der Waals surface area contributed by atoms with Crippen molar-refractivity contribution in [2.75, 3.05) is 6.61 Å². The molecule has 1 aromatic carbocycles. The smallest absolute Gasteiger partial charge is 0.338 e. The molecule has 8 heteroatoms. The minimum atomic E-state index is -1.69. The zero-order valence-electron chi connectivity index (χ0n) is 11.3. The number of rotatable bonds is 3. The van der Waals surface area contributed by atoms with Gasteiger partial charge in [-0.15, -0.1) is 23.2 Å². The van der Waals surface area contributed by atoms with Crippen molar-refractivity contribution in [2.24, 2.45) is 0 Å². The largest absolute Gasteiger partial charge is 0.457 e. The summed E-state index contributed by atoms with van der Waals surface area (Å²) in [6, 6.07) is 8.52. The van der Waals surface area contributed by atoms with Crippen LogP contribution in [0.5, 0.6) is 0 Å². The van der Waals surface area contributed by atoms with Gasteiger partial charge in [0.25, 0.3) is 0 Å². The van der Waals surface area contributed by atoms with Crippen molar-refractivity contribution in [3.63, 3.8) is 0 Å². The Balaban J connectivity index is 1.84. The quantitative estimate of drug-likeness (QED) is 0.352. The highest BCUT2D eigenvalue weighted by atomic mass is 35.5. The Hall–Kier alpha value is -0.0900. The average Bonchev–Trinajstić information content (AvgIpc) is 2.75. The number of carbonyl (C=O) groups is 1. The van der Waals surface area contributed by atoms with Crippen LogP contribution in [0.4, 0.5) is 0 Å². The zero-order chi connectivity index (χ0) is 17.0. The summed E-state index contributed by atoms with van der Waals surface area (Å²) in [5.74, 6) is -0.515. The molecule has 23 heavy (non-hydrogen) atoms. The fourth-order valence-electron chi connectivity index (χ4n) is 2.62. The minimum Gasteiger partial charge on any atom is -0.457 e. The minimum absolute atomic E-state index is 0.0362. The highest BCUT2D eigenvalue weighted by Crippen LogP contribution is 2.71. The summed E-state index contributed by atoms with van der Waals surface area (Å²) in [5, 5.41) is 0.105. The van der Waals surface area contributed by atoms with Crippen LogP contribution >= 0.6 is 69.6 Å². The second kappa shape index (κ2) is 5.72. The van der Waals surface area contributed by atoms with Gasteiger partial charge in [-0.25, -0.2) is 4.79 Å². The lowest BCUT2D eigenvalue weighted by Crippen LogP contribution is -2.45. The van der Waals surface area contributed by atoms with Gasteiger partial charge in [0.05, 0.1) is 15.6 Å². The molecule has 2 aliphatic carbocycles. The van der Waals surface area contributed by atoms with Crippen LogP contribution in [-0.4, -0.2) is 26.7 Å². The fraction of sp³-hybridized carbons (Fsp3) is 0.267. The lowest BCUT2D eigenvalue weighted by Gasteiger charge is -2.33. The molecule has 2 nitrogen and oxygen atoms in total. The van der Waals surface area contributed by atoms with Gasteiger partial charge in [-0.05, 0) is 17.7 Å². The number of carbonyl (C=O) groups excluding carboxylic acids is 1. The van der Waals surface area contributed by atoms with E-state index in [0.29, 0.717) is 11.1 Å². The van der Waals surface area contributed by atoms with Crippen molar-refractivity contribution in [2.45, 2.75) is 14.1 Å². The van der Waals surface area contributed by atoms with Crippen molar-refractivity contribution in [3.8, 4) is 0 Å². The number of allylic oxidation sites excluding steroid dienone is 3. The van der Waals surface area contributed by atoms with Crippen LogP contribution in [-0.2, 0) is 4.74 Å². The molecule has 2 unspecified atom stereocenters. The zero-order valence-corrected chi connectivity index (χ0v) is 15.8. The highest BCUT2D eigenvalue weighted by Gasteiger charge is 2.75. The number of fused-ring (bicyclic) bond motifs is 2. The first-order valence-electron chi connectivity index (χ1n) is 6.42. The Morgan fingerprint density at radius 3 is 2.13 bits per heavy atom. The van der Waals surface area contributed by atoms with E-state index in [1.54, 1.807) is 30.3 Å². The number of esters is 1. The molecule has 0 aromatic heterocycles. The molecule has 0 saturated carbocycles. The third-order valence-corrected chi connectivity index (χ3v) is 7.98. The first-order valence-corrected chi connectivity index (χ1v) is 8.69. The summed E-state index contributed by atoms with van der Waals surface area (Å²) < 4.78 is 3.57. The van der Waals surface area contributed by atoms with E-state index in [4.69, 9.17) is 74.3 Å². The van der Waals surface area contributed by atoms with E-state index in [2.05, 4.69) is 0 Å². The van der Waals surface area contributed by atoms with Crippen molar-refractivity contribution in [3.05, 3.63) is 57.6 Å². The average molecular weight is 433 g/mol. The molecular formula is C15H8Cl6O2. The standard InChI is InChI=1S/C15H8Cl6O2/c16-10-11(17)14(19)9(6-13(10,18)15(14,20)21)7-23-12(22)8-4-2-1-3-5-8/h1-6H,7H2. The SMILES string of the molecule is O=C(OCC1=CC2(Cl)C(Cl)=C(Cl)C1(Cl)C2(Cl)Cl)c1ccccc1. The molecule has 0 aliphatic heterocycles. The summed E-state index contributed by atoms with van der Waals surface area (Å²) in [4.78, 5) is 9.05. The molecule has 0 fully saturated rings. The van der Waals surface area contributed by atoms with Gasteiger partial charge in [-0.1, -0.05) is 70.7 Å². The van der Waals surface area contributed by atoms with Gasteiger partial charge < -0.3 is 4.74 Å². The van der Waals surface area contributed by atoms with Crippen LogP contribution in [0.1, 0.15) is 10.4 Å². The number of ether oxygens (including phenoxy) is 1. The molecule has 0 amide bonds. The van der Waals surface area contributed by atoms with Crippen LogP contribution in [0.15, 0.2) is 52.0 Å². The summed E-state index contributed by atoms with van der Waals surface area (Å²) in [6.45, 7) is -0.159. The molecule has 2 bridgehead atoms. The molecule has 2 atom stereocenters. The van der Waals surface area contributed by atoms with Crippen LogP contribution in [0, 0.1) is 0 Å². The Bertz CT molecular complexity index is 742. The number of hydrogen-bond donors (Lipinski definition) is 0. The molecule has 3 rings (SSSR count). The fourth-order valence-corrected chi connectivity index (χ4v) is 5.15. The van der Waals surface area contributed by atoms with E-state index < -0.39 is 20.1 Å². The topological polar surface area (TPSA) is 26.3 Å². The second-order valence-corrected chi connectivity index (χ2v) is 8.43. The molecule has 0 heterocycles. The van der Waals surface area contributed by atoms with Gasteiger partial charge >= 0.3 is 5.97 Å². The first-order chi connectivity index (χ1) is 10.7. The lowest BCUT2D eigenvalue weighted by atomic mass is 10.0. The maximum Gasteiger partial charge on any atom is 0.338 e. The van der Waals surface area contributed by atoms with Crippen LogP contribution < -0.4 is 0 Å². The lowest BCUT2D eigenvalue weighted by molar-refractivity contribution is 0.0536. The maximum absolute atomic E-state index is 12.0. The monoisotopic (exact) mass is 430 g/mol. The summed E-state index contributed by atoms with van der Waals surface area (Å²) in [7, 11) is 0. The van der Waals surface area contributed by atoms with Crippen LogP contribution in [0.3, 0.4) is 0 Å². The molecule has 122 valence electrons. The molecule has 0 saturated heterocycles. The first kappa shape index (κ1) is 17.7. The molecule has 0 spiro atoms. The van der Waals surface area contributed by atoms with Gasteiger partial charge in [-0.2, -0.15) is 0 Å². The Labute approximate surface area is 162 Å². The maximum atomic E-state index is 12.0. The summed E-state index contributed by atoms with van der Waals surface area (Å²) in [6.07, 6.45) is 1.49. The van der Waals surface area contributed by atoms with E-state index >= 15 is 0 Å². The van der Waals surface area contributed by atoms with Crippen LogP contribution in [0.25, 0.3) is 0 Å². The third-order valence-electron chi connectivity index (χ3n) is 3.89. The van der Waals surface area contributed by atoms with Gasteiger partial charge in [0.2, 0.25) is 0 Å². The molecule has 2 aliphatic rings. The molecule has 0 N–H and O–H groups in total. The molecule has 0 radical (unpaired) electrons.